The molecule has 1 N–H and O–H groups in total. The number of halogens is 2. The van der Waals surface area contributed by atoms with Crippen LogP contribution in [0.25, 0.3) is 21.9 Å². The molecule has 0 unspecified atom stereocenters. The Kier molecular flexibility index (Phi) is 2.81. The number of aromatic nitrogens is 3. The van der Waals surface area contributed by atoms with E-state index in [9.17, 15) is 13.6 Å². The molecule has 0 aliphatic carbocycles. The highest BCUT2D eigenvalue weighted by atomic mass is 19.1. The lowest BCUT2D eigenvalue weighted by Gasteiger charge is -2.01. The molecule has 0 aliphatic rings. The highest BCUT2D eigenvalue weighted by Crippen LogP contribution is 2.25. The molecular formula is C17H11F2N3O. The number of aryl methyl sites for hydroxylation is 1. The van der Waals surface area contributed by atoms with Gasteiger partial charge >= 0.3 is 0 Å². The van der Waals surface area contributed by atoms with Crippen molar-refractivity contribution in [1.29, 1.82) is 0 Å². The lowest BCUT2D eigenvalue weighted by atomic mass is 10.1. The largest absolute Gasteiger partial charge is 0.360 e. The minimum atomic E-state index is -0.475. The van der Waals surface area contributed by atoms with Gasteiger partial charge in [-0.25, -0.2) is 13.8 Å². The Bertz CT molecular complexity index is 1080. The van der Waals surface area contributed by atoms with E-state index in [-0.39, 0.29) is 16.8 Å². The standard InChI is InChI=1S/C17H11F2N3O/c1-22-14-7-9(18)5-6-12(14)21-17(22)16(23)10-8-20-13-4-2-3-11(19)15(10)13/h2-8,20H,1H3. The summed E-state index contributed by atoms with van der Waals surface area (Å²) in [6, 6.07) is 8.68. The Morgan fingerprint density at radius 1 is 1.22 bits per heavy atom. The summed E-state index contributed by atoms with van der Waals surface area (Å²) >= 11 is 0. The number of aromatic amines is 1. The molecule has 4 nitrogen and oxygen atoms in total. The molecule has 4 rings (SSSR count). The maximum Gasteiger partial charge on any atom is 0.230 e. The minimum Gasteiger partial charge on any atom is -0.360 e. The molecule has 0 saturated heterocycles. The summed E-state index contributed by atoms with van der Waals surface area (Å²) in [6.45, 7) is 0. The third-order valence-electron chi connectivity index (χ3n) is 3.95. The summed E-state index contributed by atoms with van der Waals surface area (Å²) < 4.78 is 29.0. The van der Waals surface area contributed by atoms with E-state index < -0.39 is 17.4 Å². The summed E-state index contributed by atoms with van der Waals surface area (Å²) in [4.78, 5) is 19.9. The van der Waals surface area contributed by atoms with Crippen molar-refractivity contribution in [3.05, 3.63) is 65.6 Å². The van der Waals surface area contributed by atoms with Crippen molar-refractivity contribution in [2.45, 2.75) is 0 Å². The summed E-state index contributed by atoms with van der Waals surface area (Å²) in [5.74, 6) is -1.16. The van der Waals surface area contributed by atoms with Crippen LogP contribution < -0.4 is 0 Å². The first-order valence-electron chi connectivity index (χ1n) is 6.98. The van der Waals surface area contributed by atoms with Gasteiger partial charge in [-0.1, -0.05) is 6.07 Å². The van der Waals surface area contributed by atoms with Crippen LogP contribution >= 0.6 is 0 Å². The van der Waals surface area contributed by atoms with E-state index in [1.165, 1.54) is 35.0 Å². The van der Waals surface area contributed by atoms with Crippen LogP contribution in [0.3, 0.4) is 0 Å². The number of carbonyl (C=O) groups excluding carboxylic acids is 1. The van der Waals surface area contributed by atoms with E-state index in [1.807, 2.05) is 0 Å². The van der Waals surface area contributed by atoms with Crippen LogP contribution in [-0.2, 0) is 7.05 Å². The highest BCUT2D eigenvalue weighted by molar-refractivity contribution is 6.15. The van der Waals surface area contributed by atoms with Gasteiger partial charge in [0, 0.05) is 24.1 Å². The summed E-state index contributed by atoms with van der Waals surface area (Å²) in [7, 11) is 1.63. The van der Waals surface area contributed by atoms with Crippen molar-refractivity contribution in [3.63, 3.8) is 0 Å². The van der Waals surface area contributed by atoms with Crippen LogP contribution in [0.5, 0.6) is 0 Å². The number of benzene rings is 2. The third kappa shape index (κ3) is 1.95. The number of carbonyl (C=O) groups is 1. The second-order valence-electron chi connectivity index (χ2n) is 5.32. The normalized spacial score (nSPS) is 11.4. The second kappa shape index (κ2) is 4.74. The molecule has 2 heterocycles. The van der Waals surface area contributed by atoms with Crippen molar-refractivity contribution in [1.82, 2.24) is 14.5 Å². The van der Waals surface area contributed by atoms with Gasteiger partial charge in [-0.3, -0.25) is 4.79 Å². The van der Waals surface area contributed by atoms with Crippen molar-refractivity contribution in [2.75, 3.05) is 0 Å². The molecule has 6 heteroatoms. The molecule has 114 valence electrons. The molecule has 2 aromatic heterocycles. The first-order chi connectivity index (χ1) is 11.1. The van der Waals surface area contributed by atoms with E-state index in [1.54, 1.807) is 19.2 Å². The molecule has 0 atom stereocenters. The maximum atomic E-state index is 14.1. The van der Waals surface area contributed by atoms with Gasteiger partial charge in [-0.05, 0) is 30.3 Å². The van der Waals surface area contributed by atoms with Crippen LogP contribution in [0.4, 0.5) is 8.78 Å². The zero-order chi connectivity index (χ0) is 16.1. The molecule has 0 amide bonds. The Labute approximate surface area is 129 Å². The zero-order valence-corrected chi connectivity index (χ0v) is 12.1. The van der Waals surface area contributed by atoms with Crippen molar-refractivity contribution >= 4 is 27.7 Å². The van der Waals surface area contributed by atoms with Crippen molar-refractivity contribution in [3.8, 4) is 0 Å². The van der Waals surface area contributed by atoms with Gasteiger partial charge < -0.3 is 9.55 Å². The zero-order valence-electron chi connectivity index (χ0n) is 12.1. The molecule has 0 radical (unpaired) electrons. The fourth-order valence-corrected chi connectivity index (χ4v) is 2.81. The topological polar surface area (TPSA) is 50.7 Å². The monoisotopic (exact) mass is 311 g/mol. The van der Waals surface area contributed by atoms with Gasteiger partial charge in [-0.15, -0.1) is 0 Å². The molecular weight excluding hydrogens is 300 g/mol. The number of fused-ring (bicyclic) bond motifs is 2. The van der Waals surface area contributed by atoms with Gasteiger partial charge in [0.2, 0.25) is 5.78 Å². The van der Waals surface area contributed by atoms with Crippen molar-refractivity contribution in [2.24, 2.45) is 7.05 Å². The number of hydrogen-bond donors (Lipinski definition) is 1. The fourth-order valence-electron chi connectivity index (χ4n) is 2.81. The number of nitrogens with one attached hydrogen (secondary N) is 1. The average molecular weight is 311 g/mol. The van der Waals surface area contributed by atoms with Gasteiger partial charge in [0.05, 0.1) is 16.6 Å². The SMILES string of the molecule is Cn1c(C(=O)c2c[nH]c3cccc(F)c23)nc2ccc(F)cc21. The summed E-state index contributed by atoms with van der Waals surface area (Å²) in [5.41, 5.74) is 1.77. The van der Waals surface area contributed by atoms with E-state index in [2.05, 4.69) is 9.97 Å². The quantitative estimate of drug-likeness (QED) is 0.575. The average Bonchev–Trinajstić information content (AvgIpc) is 3.10. The molecule has 0 saturated carbocycles. The predicted octanol–water partition coefficient (Wildman–Crippen LogP) is 3.56. The van der Waals surface area contributed by atoms with Gasteiger partial charge in [0.1, 0.15) is 11.6 Å². The van der Waals surface area contributed by atoms with Crippen LogP contribution in [0.1, 0.15) is 16.2 Å². The van der Waals surface area contributed by atoms with Gasteiger partial charge in [-0.2, -0.15) is 0 Å². The number of H-pyrrole nitrogens is 1. The minimum absolute atomic E-state index is 0.134. The molecule has 0 aliphatic heterocycles. The number of hydrogen-bond acceptors (Lipinski definition) is 2. The number of ketones is 1. The lowest BCUT2D eigenvalue weighted by Crippen LogP contribution is -2.08. The molecule has 0 bridgehead atoms. The Morgan fingerprint density at radius 3 is 2.87 bits per heavy atom. The molecule has 23 heavy (non-hydrogen) atoms. The second-order valence-corrected chi connectivity index (χ2v) is 5.32. The third-order valence-corrected chi connectivity index (χ3v) is 3.95. The molecule has 2 aromatic carbocycles. The van der Waals surface area contributed by atoms with Gasteiger partial charge in [0.25, 0.3) is 0 Å². The summed E-state index contributed by atoms with van der Waals surface area (Å²) in [5, 5.41) is 0.232. The van der Waals surface area contributed by atoms with Gasteiger partial charge in [0.15, 0.2) is 5.82 Å². The molecule has 0 spiro atoms. The molecule has 0 fully saturated rings. The highest BCUT2D eigenvalue weighted by Gasteiger charge is 2.22. The van der Waals surface area contributed by atoms with Crippen molar-refractivity contribution < 1.29 is 13.6 Å². The van der Waals surface area contributed by atoms with Crippen LogP contribution in [0.2, 0.25) is 0 Å². The Hall–Kier alpha value is -3.02. The summed E-state index contributed by atoms with van der Waals surface area (Å²) in [6.07, 6.45) is 1.47. The predicted molar refractivity (Wildman–Crippen MR) is 82.4 cm³/mol. The maximum absolute atomic E-state index is 14.1. The first kappa shape index (κ1) is 13.6. The first-order valence-corrected chi connectivity index (χ1v) is 6.98. The Balaban J connectivity index is 1.93. The van der Waals surface area contributed by atoms with Crippen LogP contribution in [0.15, 0.2) is 42.6 Å². The number of imidazole rings is 1. The van der Waals surface area contributed by atoms with Crippen LogP contribution in [-0.4, -0.2) is 20.3 Å². The number of rotatable bonds is 2. The van der Waals surface area contributed by atoms with E-state index in [0.717, 1.165) is 0 Å². The smallest absolute Gasteiger partial charge is 0.230 e. The molecule has 4 aromatic rings. The fraction of sp³-hybridized carbons (Fsp3) is 0.0588. The number of nitrogens with zero attached hydrogens (tertiary/aromatic N) is 2. The Morgan fingerprint density at radius 2 is 2.04 bits per heavy atom. The van der Waals surface area contributed by atoms with Crippen LogP contribution in [0, 0.1) is 11.6 Å². The van der Waals surface area contributed by atoms with E-state index in [4.69, 9.17) is 0 Å². The lowest BCUT2D eigenvalue weighted by molar-refractivity contribution is 0.102. The van der Waals surface area contributed by atoms with E-state index >= 15 is 0 Å². The van der Waals surface area contributed by atoms with E-state index in [0.29, 0.717) is 16.6 Å².